The molecule has 0 atom stereocenters. The Hall–Kier alpha value is -1.70. The van der Waals surface area contributed by atoms with Crippen molar-refractivity contribution in [3.63, 3.8) is 0 Å². The van der Waals surface area contributed by atoms with Gasteiger partial charge in [0, 0.05) is 30.6 Å². The molecule has 1 aromatic heterocycles. The van der Waals surface area contributed by atoms with E-state index in [1.165, 1.54) is 0 Å². The zero-order chi connectivity index (χ0) is 16.1. The second-order valence-electron chi connectivity index (χ2n) is 5.42. The summed E-state index contributed by atoms with van der Waals surface area (Å²) in [6.07, 6.45) is 0.349. The van der Waals surface area contributed by atoms with Crippen LogP contribution in [-0.2, 0) is 16.1 Å². The first-order chi connectivity index (χ1) is 11.2. The molecule has 1 aliphatic rings. The van der Waals surface area contributed by atoms with Crippen LogP contribution >= 0.6 is 11.8 Å². The van der Waals surface area contributed by atoms with Gasteiger partial charge in [0.1, 0.15) is 10.9 Å². The largest absolute Gasteiger partial charge is 0.379 e. The Morgan fingerprint density at radius 2 is 2.04 bits per heavy atom. The summed E-state index contributed by atoms with van der Waals surface area (Å²) in [5, 5.41) is 1.94. The Morgan fingerprint density at radius 1 is 1.26 bits per heavy atom. The highest BCUT2D eigenvalue weighted by Gasteiger charge is 2.14. The highest BCUT2D eigenvalue weighted by Crippen LogP contribution is 2.26. The van der Waals surface area contributed by atoms with E-state index in [9.17, 15) is 4.79 Å². The van der Waals surface area contributed by atoms with Gasteiger partial charge in [0.05, 0.1) is 25.3 Å². The van der Waals surface area contributed by atoms with Crippen molar-refractivity contribution < 1.29 is 9.53 Å². The Kier molecular flexibility index (Phi) is 5.43. The quantitative estimate of drug-likeness (QED) is 0.637. The number of amides is 1. The molecule has 0 saturated carbocycles. The third-order valence-electron chi connectivity index (χ3n) is 3.67. The number of hydrogen-bond acceptors (Lipinski definition) is 6. The summed E-state index contributed by atoms with van der Waals surface area (Å²) in [5.41, 5.74) is 6.16. The SMILES string of the molecule is NC(=O)CCSc1nc(CN2CCOCC2)nc2ccccc12. The van der Waals surface area contributed by atoms with E-state index in [-0.39, 0.29) is 5.91 Å². The van der Waals surface area contributed by atoms with Crippen LogP contribution in [0.3, 0.4) is 0 Å². The highest BCUT2D eigenvalue weighted by atomic mass is 32.2. The topological polar surface area (TPSA) is 81.3 Å². The van der Waals surface area contributed by atoms with Crippen molar-refractivity contribution >= 4 is 28.6 Å². The minimum Gasteiger partial charge on any atom is -0.379 e. The zero-order valence-electron chi connectivity index (χ0n) is 12.9. The maximum absolute atomic E-state index is 10.9. The lowest BCUT2D eigenvalue weighted by Crippen LogP contribution is -2.36. The van der Waals surface area contributed by atoms with Gasteiger partial charge in [-0.15, -0.1) is 11.8 Å². The molecule has 1 fully saturated rings. The normalized spacial score (nSPS) is 15.8. The number of carbonyl (C=O) groups is 1. The zero-order valence-corrected chi connectivity index (χ0v) is 13.7. The molecule has 0 radical (unpaired) electrons. The molecule has 1 aliphatic heterocycles. The van der Waals surface area contributed by atoms with E-state index in [0.717, 1.165) is 54.6 Å². The lowest BCUT2D eigenvalue weighted by atomic mass is 10.2. The number of primary amides is 1. The number of nitrogens with zero attached hydrogens (tertiary/aromatic N) is 3. The van der Waals surface area contributed by atoms with Crippen molar-refractivity contribution in [2.24, 2.45) is 5.73 Å². The van der Waals surface area contributed by atoms with Crippen molar-refractivity contribution in [1.29, 1.82) is 0 Å². The van der Waals surface area contributed by atoms with Gasteiger partial charge in [-0.3, -0.25) is 9.69 Å². The van der Waals surface area contributed by atoms with Crippen LogP contribution in [0.4, 0.5) is 0 Å². The first-order valence-corrected chi connectivity index (χ1v) is 8.68. The number of hydrogen-bond donors (Lipinski definition) is 1. The molecule has 2 heterocycles. The Morgan fingerprint density at radius 3 is 2.83 bits per heavy atom. The molecule has 7 heteroatoms. The molecular weight excluding hydrogens is 312 g/mol. The number of aromatic nitrogens is 2. The molecule has 2 aromatic rings. The van der Waals surface area contributed by atoms with Gasteiger partial charge in [-0.05, 0) is 6.07 Å². The summed E-state index contributed by atoms with van der Waals surface area (Å²) < 4.78 is 5.38. The minimum absolute atomic E-state index is 0.288. The van der Waals surface area contributed by atoms with E-state index in [1.54, 1.807) is 11.8 Å². The van der Waals surface area contributed by atoms with E-state index in [4.69, 9.17) is 15.5 Å². The third kappa shape index (κ3) is 4.40. The van der Waals surface area contributed by atoms with E-state index < -0.39 is 0 Å². The van der Waals surface area contributed by atoms with Gasteiger partial charge in [-0.25, -0.2) is 9.97 Å². The van der Waals surface area contributed by atoms with Crippen molar-refractivity contribution in [2.75, 3.05) is 32.1 Å². The second-order valence-corrected chi connectivity index (χ2v) is 6.50. The number of nitrogens with two attached hydrogens (primary N) is 1. The van der Waals surface area contributed by atoms with Crippen molar-refractivity contribution in [1.82, 2.24) is 14.9 Å². The fraction of sp³-hybridized carbons (Fsp3) is 0.438. The van der Waals surface area contributed by atoms with Gasteiger partial charge in [-0.1, -0.05) is 18.2 Å². The number of rotatable bonds is 6. The first-order valence-electron chi connectivity index (χ1n) is 7.69. The fourth-order valence-corrected chi connectivity index (χ4v) is 3.48. The van der Waals surface area contributed by atoms with E-state index in [2.05, 4.69) is 9.88 Å². The summed E-state index contributed by atoms with van der Waals surface area (Å²) in [7, 11) is 0. The summed E-state index contributed by atoms with van der Waals surface area (Å²) in [6.45, 7) is 4.04. The number of para-hydroxylation sites is 1. The summed E-state index contributed by atoms with van der Waals surface area (Å²) in [5.74, 6) is 1.16. The molecule has 1 saturated heterocycles. The molecule has 3 rings (SSSR count). The Bertz CT molecular complexity index is 689. The molecule has 122 valence electrons. The van der Waals surface area contributed by atoms with Crippen LogP contribution in [0.1, 0.15) is 12.2 Å². The minimum atomic E-state index is -0.288. The average Bonchev–Trinajstić information content (AvgIpc) is 2.55. The van der Waals surface area contributed by atoms with Crippen LogP contribution in [0.15, 0.2) is 29.3 Å². The lowest BCUT2D eigenvalue weighted by molar-refractivity contribution is -0.117. The second kappa shape index (κ2) is 7.72. The van der Waals surface area contributed by atoms with Crippen LogP contribution in [0, 0.1) is 0 Å². The molecule has 0 spiro atoms. The number of morpholine rings is 1. The molecule has 1 aromatic carbocycles. The van der Waals surface area contributed by atoms with Gasteiger partial charge >= 0.3 is 0 Å². The van der Waals surface area contributed by atoms with E-state index in [0.29, 0.717) is 12.2 Å². The fourth-order valence-electron chi connectivity index (χ4n) is 2.48. The van der Waals surface area contributed by atoms with Gasteiger partial charge in [0.25, 0.3) is 0 Å². The van der Waals surface area contributed by atoms with Gasteiger partial charge in [0.2, 0.25) is 5.91 Å². The van der Waals surface area contributed by atoms with Crippen molar-refractivity contribution in [2.45, 2.75) is 18.0 Å². The van der Waals surface area contributed by atoms with Gasteiger partial charge in [0.15, 0.2) is 0 Å². The molecule has 6 nitrogen and oxygen atoms in total. The number of thioether (sulfide) groups is 1. The summed E-state index contributed by atoms with van der Waals surface area (Å²) in [6, 6.07) is 7.97. The summed E-state index contributed by atoms with van der Waals surface area (Å²) in [4.78, 5) is 22.6. The summed E-state index contributed by atoms with van der Waals surface area (Å²) >= 11 is 1.56. The first kappa shape index (κ1) is 16.2. The molecule has 2 N–H and O–H groups in total. The molecule has 23 heavy (non-hydrogen) atoms. The third-order valence-corrected chi connectivity index (χ3v) is 4.66. The van der Waals surface area contributed by atoms with Crippen LogP contribution in [0.25, 0.3) is 10.9 Å². The standard InChI is InChI=1S/C16H20N4O2S/c17-14(21)5-10-23-16-12-3-1-2-4-13(12)18-15(19-16)11-20-6-8-22-9-7-20/h1-4H,5-11H2,(H2,17,21). The number of benzene rings is 1. The lowest BCUT2D eigenvalue weighted by Gasteiger charge is -2.25. The number of carbonyl (C=O) groups excluding carboxylic acids is 1. The maximum atomic E-state index is 10.9. The number of fused-ring (bicyclic) bond motifs is 1. The molecule has 0 bridgehead atoms. The predicted molar refractivity (Wildman–Crippen MR) is 90.2 cm³/mol. The predicted octanol–water partition coefficient (Wildman–Crippen LogP) is 1.43. The van der Waals surface area contributed by atoms with Crippen LogP contribution in [0.5, 0.6) is 0 Å². The Balaban J connectivity index is 1.81. The van der Waals surface area contributed by atoms with Crippen LogP contribution in [0.2, 0.25) is 0 Å². The van der Waals surface area contributed by atoms with Crippen LogP contribution in [-0.4, -0.2) is 52.8 Å². The number of ether oxygens (including phenoxy) is 1. The smallest absolute Gasteiger partial charge is 0.218 e. The van der Waals surface area contributed by atoms with Crippen molar-refractivity contribution in [3.05, 3.63) is 30.1 Å². The van der Waals surface area contributed by atoms with Crippen molar-refractivity contribution in [3.8, 4) is 0 Å². The van der Waals surface area contributed by atoms with Crippen LogP contribution < -0.4 is 5.73 Å². The maximum Gasteiger partial charge on any atom is 0.218 e. The Labute approximate surface area is 139 Å². The average molecular weight is 332 g/mol. The van der Waals surface area contributed by atoms with E-state index in [1.807, 2.05) is 24.3 Å². The molecule has 0 aliphatic carbocycles. The van der Waals surface area contributed by atoms with E-state index >= 15 is 0 Å². The van der Waals surface area contributed by atoms with Gasteiger partial charge < -0.3 is 10.5 Å². The monoisotopic (exact) mass is 332 g/mol. The highest BCUT2D eigenvalue weighted by molar-refractivity contribution is 7.99. The molecule has 1 amide bonds. The molecular formula is C16H20N4O2S. The van der Waals surface area contributed by atoms with Gasteiger partial charge in [-0.2, -0.15) is 0 Å². The molecule has 0 unspecified atom stereocenters.